The Hall–Kier alpha value is -2.64. The Kier molecular flexibility index (Phi) is 4.36. The molecule has 3 aromatic rings. The van der Waals surface area contributed by atoms with Gasteiger partial charge in [-0.3, -0.25) is 4.79 Å². The maximum atomic E-state index is 12.8. The molecule has 1 N–H and O–H groups in total. The lowest BCUT2D eigenvalue weighted by Gasteiger charge is -2.11. The van der Waals surface area contributed by atoms with Crippen LogP contribution in [0, 0.1) is 6.92 Å². The van der Waals surface area contributed by atoms with Gasteiger partial charge in [0.15, 0.2) is 5.69 Å². The number of rotatable bonds is 4. The largest absolute Gasteiger partial charge is 0.476 e. The number of aromatic nitrogens is 3. The summed E-state index contributed by atoms with van der Waals surface area (Å²) in [6, 6.07) is 5.41. The van der Waals surface area contributed by atoms with E-state index in [-0.39, 0.29) is 28.9 Å². The monoisotopic (exact) mass is 361 g/mol. The van der Waals surface area contributed by atoms with Crippen LogP contribution in [0.4, 0.5) is 0 Å². The van der Waals surface area contributed by atoms with Crippen molar-refractivity contribution in [3.05, 3.63) is 56.6 Å². The summed E-state index contributed by atoms with van der Waals surface area (Å²) in [6.07, 6.45) is 1.63. The van der Waals surface area contributed by atoms with Crippen LogP contribution in [0.1, 0.15) is 21.6 Å². The van der Waals surface area contributed by atoms with E-state index in [0.29, 0.717) is 10.7 Å². The first kappa shape index (κ1) is 17.2. The third-order valence-electron chi connectivity index (χ3n) is 4.07. The maximum absolute atomic E-state index is 12.8. The Labute approximate surface area is 148 Å². The molecule has 2 aromatic heterocycles. The van der Waals surface area contributed by atoms with Gasteiger partial charge >= 0.3 is 5.97 Å². The first-order chi connectivity index (χ1) is 11.8. The minimum atomic E-state index is -1.21. The molecule has 130 valence electrons. The van der Waals surface area contributed by atoms with E-state index in [0.717, 1.165) is 11.1 Å². The predicted molar refractivity (Wildman–Crippen MR) is 93.3 cm³/mol. The third kappa shape index (κ3) is 2.81. The summed E-state index contributed by atoms with van der Waals surface area (Å²) in [4.78, 5) is 24.3. The minimum Gasteiger partial charge on any atom is -0.476 e. The second-order valence-corrected chi connectivity index (χ2v) is 6.11. The quantitative estimate of drug-likeness (QED) is 0.771. The van der Waals surface area contributed by atoms with Gasteiger partial charge in [-0.05, 0) is 24.6 Å². The van der Waals surface area contributed by atoms with Gasteiger partial charge in [-0.15, -0.1) is 0 Å². The van der Waals surface area contributed by atoms with Gasteiger partial charge in [0.2, 0.25) is 0 Å². The molecule has 2 heterocycles. The highest BCUT2D eigenvalue weighted by molar-refractivity contribution is 6.31. The lowest BCUT2D eigenvalue weighted by Crippen LogP contribution is -2.21. The molecular weight excluding hydrogens is 346 g/mol. The zero-order valence-corrected chi connectivity index (χ0v) is 14.7. The molecule has 0 amide bonds. The van der Waals surface area contributed by atoms with Gasteiger partial charge in [-0.1, -0.05) is 17.7 Å². The van der Waals surface area contributed by atoms with Crippen LogP contribution >= 0.6 is 11.6 Å². The Morgan fingerprint density at radius 3 is 2.72 bits per heavy atom. The Balaban J connectivity index is 2.34. The number of nitrogens with zero attached hydrogens (tertiary/aromatic N) is 3. The fourth-order valence-electron chi connectivity index (χ4n) is 2.78. The van der Waals surface area contributed by atoms with E-state index in [2.05, 4.69) is 5.10 Å². The van der Waals surface area contributed by atoms with Crippen molar-refractivity contribution in [3.63, 3.8) is 0 Å². The number of halogens is 1. The fraction of sp³-hybridized carbons (Fsp3) is 0.235. The highest BCUT2D eigenvalue weighted by Gasteiger charge is 2.22. The second kappa shape index (κ2) is 6.34. The van der Waals surface area contributed by atoms with Crippen LogP contribution in [0.3, 0.4) is 0 Å². The predicted octanol–water partition coefficient (Wildman–Crippen LogP) is 2.51. The van der Waals surface area contributed by atoms with Crippen LogP contribution in [0.2, 0.25) is 5.02 Å². The van der Waals surface area contributed by atoms with Crippen molar-refractivity contribution < 1.29 is 14.6 Å². The number of carbonyl (C=O) groups is 1. The van der Waals surface area contributed by atoms with E-state index in [9.17, 15) is 14.7 Å². The van der Waals surface area contributed by atoms with Gasteiger partial charge in [0, 0.05) is 30.3 Å². The van der Waals surface area contributed by atoms with Crippen LogP contribution in [-0.2, 0) is 18.4 Å². The van der Waals surface area contributed by atoms with E-state index in [1.54, 1.807) is 25.4 Å². The molecule has 0 aliphatic rings. The smallest absolute Gasteiger partial charge is 0.356 e. The normalized spacial score (nSPS) is 11.2. The van der Waals surface area contributed by atoms with Gasteiger partial charge in [0.25, 0.3) is 5.56 Å². The standard InChI is InChI=1S/C17H16ClN3O4/c1-9-6-10(4-5-12(9)18)13-7-21-15(16(22)20(13)2)11(8-25-3)14(19-21)17(23)24/h4-7H,8H2,1-3H3,(H,23,24). The highest BCUT2D eigenvalue weighted by Crippen LogP contribution is 2.25. The molecule has 0 fully saturated rings. The van der Waals surface area contributed by atoms with Crippen molar-refractivity contribution in [2.45, 2.75) is 13.5 Å². The fourth-order valence-corrected chi connectivity index (χ4v) is 2.90. The van der Waals surface area contributed by atoms with E-state index in [1.165, 1.54) is 16.2 Å². The molecule has 0 spiro atoms. The van der Waals surface area contributed by atoms with Gasteiger partial charge in [-0.2, -0.15) is 5.10 Å². The molecule has 0 saturated heterocycles. The van der Waals surface area contributed by atoms with E-state index in [4.69, 9.17) is 16.3 Å². The summed E-state index contributed by atoms with van der Waals surface area (Å²) in [5, 5.41) is 14.0. The molecule has 0 radical (unpaired) electrons. The maximum Gasteiger partial charge on any atom is 0.356 e. The van der Waals surface area contributed by atoms with Crippen LogP contribution in [0.25, 0.3) is 16.8 Å². The topological polar surface area (TPSA) is 85.8 Å². The third-order valence-corrected chi connectivity index (χ3v) is 4.49. The second-order valence-electron chi connectivity index (χ2n) is 5.70. The van der Waals surface area contributed by atoms with Gasteiger partial charge in [-0.25, -0.2) is 9.31 Å². The van der Waals surface area contributed by atoms with Crippen molar-refractivity contribution in [1.82, 2.24) is 14.2 Å². The lowest BCUT2D eigenvalue weighted by molar-refractivity contribution is 0.0685. The van der Waals surface area contributed by atoms with Gasteiger partial charge in [0.1, 0.15) is 5.52 Å². The van der Waals surface area contributed by atoms with Crippen LogP contribution in [0.5, 0.6) is 0 Å². The van der Waals surface area contributed by atoms with Gasteiger partial charge < -0.3 is 14.4 Å². The molecule has 7 nitrogen and oxygen atoms in total. The van der Waals surface area contributed by atoms with Crippen molar-refractivity contribution in [3.8, 4) is 11.3 Å². The summed E-state index contributed by atoms with van der Waals surface area (Å²) in [5.74, 6) is -1.21. The number of aryl methyl sites for hydroxylation is 1. The number of hydrogen-bond acceptors (Lipinski definition) is 4. The molecular formula is C17H16ClN3O4. The molecule has 0 bridgehead atoms. The molecule has 8 heteroatoms. The van der Waals surface area contributed by atoms with E-state index < -0.39 is 5.97 Å². The zero-order valence-electron chi connectivity index (χ0n) is 13.9. The highest BCUT2D eigenvalue weighted by atomic mass is 35.5. The number of benzene rings is 1. The summed E-state index contributed by atoms with van der Waals surface area (Å²) in [6.45, 7) is 1.86. The minimum absolute atomic E-state index is 0.0141. The summed E-state index contributed by atoms with van der Waals surface area (Å²) in [7, 11) is 3.07. The van der Waals surface area contributed by atoms with E-state index in [1.807, 2.05) is 13.0 Å². The number of carboxylic acid groups (broad SMARTS) is 1. The Bertz CT molecular complexity index is 1050. The number of hydrogen-bond donors (Lipinski definition) is 1. The lowest BCUT2D eigenvalue weighted by atomic mass is 10.1. The number of carboxylic acids is 1. The molecule has 0 aliphatic carbocycles. The van der Waals surface area contributed by atoms with Crippen molar-refractivity contribution in [2.75, 3.05) is 7.11 Å². The molecule has 25 heavy (non-hydrogen) atoms. The number of aromatic carboxylic acids is 1. The molecule has 0 aliphatic heterocycles. The zero-order chi connectivity index (χ0) is 18.3. The van der Waals surface area contributed by atoms with Crippen molar-refractivity contribution in [2.24, 2.45) is 7.05 Å². The summed E-state index contributed by atoms with van der Waals surface area (Å²) >= 11 is 6.06. The van der Waals surface area contributed by atoms with Crippen molar-refractivity contribution >= 4 is 23.1 Å². The summed E-state index contributed by atoms with van der Waals surface area (Å²) < 4.78 is 7.81. The molecule has 0 saturated carbocycles. The SMILES string of the molecule is COCc1c(C(=O)O)nn2cc(-c3ccc(Cl)c(C)c3)n(C)c(=O)c12. The first-order valence-electron chi connectivity index (χ1n) is 7.45. The molecule has 1 aromatic carbocycles. The van der Waals surface area contributed by atoms with Crippen molar-refractivity contribution in [1.29, 1.82) is 0 Å². The Morgan fingerprint density at radius 2 is 2.12 bits per heavy atom. The number of methoxy groups -OCH3 is 1. The average molecular weight is 362 g/mol. The average Bonchev–Trinajstić information content (AvgIpc) is 2.93. The molecule has 3 rings (SSSR count). The van der Waals surface area contributed by atoms with Crippen LogP contribution in [-0.4, -0.2) is 32.4 Å². The molecule has 0 atom stereocenters. The first-order valence-corrected chi connectivity index (χ1v) is 7.83. The number of fused-ring (bicyclic) bond motifs is 1. The number of ether oxygens (including phenoxy) is 1. The molecule has 0 unspecified atom stereocenters. The van der Waals surface area contributed by atoms with Gasteiger partial charge in [0.05, 0.1) is 18.5 Å². The van der Waals surface area contributed by atoms with Crippen LogP contribution < -0.4 is 5.56 Å². The Morgan fingerprint density at radius 1 is 1.40 bits per heavy atom. The van der Waals surface area contributed by atoms with Crippen LogP contribution in [0.15, 0.2) is 29.2 Å². The summed E-state index contributed by atoms with van der Waals surface area (Å²) in [5.41, 5.74) is 2.16. The van der Waals surface area contributed by atoms with E-state index >= 15 is 0 Å².